The third-order valence-electron chi connectivity index (χ3n) is 5.06. The Kier molecular flexibility index (Phi) is 7.86. The van der Waals surface area contributed by atoms with Crippen LogP contribution in [-0.2, 0) is 22.3 Å². The molecule has 1 N–H and O–H groups in total. The van der Waals surface area contributed by atoms with E-state index < -0.39 is 17.7 Å². The molecule has 0 radical (unpaired) electrons. The zero-order valence-electron chi connectivity index (χ0n) is 16.4. The maximum atomic E-state index is 12.8. The maximum Gasteiger partial charge on any atom is 0.416 e. The van der Waals surface area contributed by atoms with Crippen molar-refractivity contribution in [2.75, 3.05) is 32.7 Å². The van der Waals surface area contributed by atoms with Crippen molar-refractivity contribution in [3.63, 3.8) is 0 Å². The van der Waals surface area contributed by atoms with E-state index in [1.165, 1.54) is 11.0 Å². The van der Waals surface area contributed by atoms with E-state index in [9.17, 15) is 22.8 Å². The van der Waals surface area contributed by atoms with Gasteiger partial charge in [0.2, 0.25) is 11.8 Å². The molecule has 1 aliphatic heterocycles. The molecule has 1 aliphatic rings. The first-order valence-corrected chi connectivity index (χ1v) is 9.68. The second-order valence-corrected chi connectivity index (χ2v) is 7.04. The summed E-state index contributed by atoms with van der Waals surface area (Å²) in [7, 11) is 0. The van der Waals surface area contributed by atoms with Gasteiger partial charge in [-0.1, -0.05) is 26.0 Å². The Morgan fingerprint density at radius 1 is 1.29 bits per heavy atom. The number of benzene rings is 1. The highest BCUT2D eigenvalue weighted by molar-refractivity contribution is 5.89. The second kappa shape index (κ2) is 9.91. The first kappa shape index (κ1) is 22.2. The van der Waals surface area contributed by atoms with Gasteiger partial charge in [0.15, 0.2) is 0 Å². The van der Waals surface area contributed by atoms with Gasteiger partial charge in [-0.05, 0) is 43.8 Å². The summed E-state index contributed by atoms with van der Waals surface area (Å²) in [5.74, 6) is -0.827. The van der Waals surface area contributed by atoms with E-state index in [0.717, 1.165) is 38.2 Å². The van der Waals surface area contributed by atoms with Crippen molar-refractivity contribution in [3.8, 4) is 0 Å². The van der Waals surface area contributed by atoms with Crippen LogP contribution in [0.2, 0.25) is 0 Å². The lowest BCUT2D eigenvalue weighted by atomic mass is 10.1. The smallest absolute Gasteiger partial charge is 0.356 e. The fraction of sp³-hybridized carbons (Fsp3) is 0.600. The summed E-state index contributed by atoms with van der Waals surface area (Å²) in [5, 5.41) is 2.87. The molecule has 156 valence electrons. The third kappa shape index (κ3) is 6.22. The molecule has 0 spiro atoms. The first-order valence-electron chi connectivity index (χ1n) is 9.68. The highest BCUT2D eigenvalue weighted by Gasteiger charge is 2.35. The zero-order chi connectivity index (χ0) is 20.7. The molecule has 0 saturated carbocycles. The number of alkyl halides is 3. The minimum Gasteiger partial charge on any atom is -0.356 e. The molecule has 1 atom stereocenters. The van der Waals surface area contributed by atoms with Crippen molar-refractivity contribution in [2.45, 2.75) is 39.4 Å². The van der Waals surface area contributed by atoms with E-state index in [4.69, 9.17) is 0 Å². The average molecular weight is 399 g/mol. The standard InChI is InChI=1S/C20H28F3N3O2/c1-3-25(4-2)10-6-9-24-19(28)16-12-18(27)26(14-16)13-15-7-5-8-17(11-15)20(21,22)23/h5,7-8,11,16H,3-4,6,9-10,12-14H2,1-2H3,(H,24,28)/t16-/m0/s1. The van der Waals surface area contributed by atoms with E-state index in [2.05, 4.69) is 24.1 Å². The summed E-state index contributed by atoms with van der Waals surface area (Å²) >= 11 is 0. The number of hydrogen-bond acceptors (Lipinski definition) is 3. The van der Waals surface area contributed by atoms with Gasteiger partial charge in [0.05, 0.1) is 11.5 Å². The molecule has 28 heavy (non-hydrogen) atoms. The molecule has 0 aliphatic carbocycles. The fourth-order valence-corrected chi connectivity index (χ4v) is 3.37. The summed E-state index contributed by atoms with van der Waals surface area (Å²) in [6, 6.07) is 4.94. The van der Waals surface area contributed by atoms with Gasteiger partial charge >= 0.3 is 6.18 Å². The molecule has 1 aromatic rings. The lowest BCUT2D eigenvalue weighted by molar-refractivity contribution is -0.137. The van der Waals surface area contributed by atoms with Crippen LogP contribution in [0.3, 0.4) is 0 Å². The molecule has 2 rings (SSSR count). The van der Waals surface area contributed by atoms with Gasteiger partial charge in [0, 0.05) is 26.1 Å². The second-order valence-electron chi connectivity index (χ2n) is 7.04. The van der Waals surface area contributed by atoms with Gasteiger partial charge in [0.25, 0.3) is 0 Å². The van der Waals surface area contributed by atoms with Gasteiger partial charge in [-0.25, -0.2) is 0 Å². The monoisotopic (exact) mass is 399 g/mol. The van der Waals surface area contributed by atoms with Crippen LogP contribution in [0.4, 0.5) is 13.2 Å². The number of nitrogens with one attached hydrogen (secondary N) is 1. The van der Waals surface area contributed by atoms with Gasteiger partial charge < -0.3 is 15.1 Å². The van der Waals surface area contributed by atoms with Gasteiger partial charge in [-0.2, -0.15) is 13.2 Å². The van der Waals surface area contributed by atoms with Crippen molar-refractivity contribution >= 4 is 11.8 Å². The van der Waals surface area contributed by atoms with Crippen LogP contribution in [0.1, 0.15) is 37.8 Å². The Labute approximate surface area is 163 Å². The first-order chi connectivity index (χ1) is 13.2. The normalized spacial score (nSPS) is 17.4. The van der Waals surface area contributed by atoms with E-state index in [-0.39, 0.29) is 31.3 Å². The van der Waals surface area contributed by atoms with E-state index in [1.54, 1.807) is 6.07 Å². The minimum atomic E-state index is -4.42. The molecule has 2 amide bonds. The van der Waals surface area contributed by atoms with Crippen LogP contribution in [0, 0.1) is 5.92 Å². The molecule has 1 aromatic carbocycles. The lowest BCUT2D eigenvalue weighted by Gasteiger charge is -2.19. The zero-order valence-corrected chi connectivity index (χ0v) is 16.4. The van der Waals surface area contributed by atoms with Crippen molar-refractivity contribution < 1.29 is 22.8 Å². The van der Waals surface area contributed by atoms with Gasteiger partial charge in [-0.15, -0.1) is 0 Å². The van der Waals surface area contributed by atoms with Crippen molar-refractivity contribution in [3.05, 3.63) is 35.4 Å². The van der Waals surface area contributed by atoms with E-state index in [0.29, 0.717) is 12.1 Å². The number of hydrogen-bond donors (Lipinski definition) is 1. The van der Waals surface area contributed by atoms with Crippen LogP contribution in [0.25, 0.3) is 0 Å². The highest BCUT2D eigenvalue weighted by Crippen LogP contribution is 2.30. The van der Waals surface area contributed by atoms with Crippen LogP contribution < -0.4 is 5.32 Å². The molecule has 0 aromatic heterocycles. The highest BCUT2D eigenvalue weighted by atomic mass is 19.4. The average Bonchev–Trinajstić information content (AvgIpc) is 3.02. The Morgan fingerprint density at radius 2 is 2.00 bits per heavy atom. The molecule has 1 saturated heterocycles. The molecule has 0 unspecified atom stereocenters. The Balaban J connectivity index is 1.84. The summed E-state index contributed by atoms with van der Waals surface area (Å²) in [6.07, 6.45) is -3.48. The van der Waals surface area contributed by atoms with Crippen LogP contribution in [-0.4, -0.2) is 54.3 Å². The van der Waals surface area contributed by atoms with Crippen molar-refractivity contribution in [1.29, 1.82) is 0 Å². The molecule has 1 heterocycles. The maximum absolute atomic E-state index is 12.8. The Hall–Kier alpha value is -2.09. The number of carbonyl (C=O) groups is 2. The summed E-state index contributed by atoms with van der Waals surface area (Å²) in [6.45, 7) is 7.87. The molecular weight excluding hydrogens is 371 g/mol. The van der Waals surface area contributed by atoms with Crippen LogP contribution in [0.15, 0.2) is 24.3 Å². The molecule has 8 heteroatoms. The summed E-state index contributed by atoms with van der Waals surface area (Å²) < 4.78 is 38.5. The van der Waals surface area contributed by atoms with Crippen molar-refractivity contribution in [1.82, 2.24) is 15.1 Å². The minimum absolute atomic E-state index is 0.0779. The summed E-state index contributed by atoms with van der Waals surface area (Å²) in [4.78, 5) is 28.2. The van der Waals surface area contributed by atoms with Gasteiger partial charge in [-0.3, -0.25) is 9.59 Å². The quantitative estimate of drug-likeness (QED) is 0.650. The fourth-order valence-electron chi connectivity index (χ4n) is 3.37. The van der Waals surface area contributed by atoms with Crippen LogP contribution >= 0.6 is 0 Å². The number of carbonyl (C=O) groups excluding carboxylic acids is 2. The third-order valence-corrected chi connectivity index (χ3v) is 5.06. The molecule has 1 fully saturated rings. The molecular formula is C20H28F3N3O2. The largest absolute Gasteiger partial charge is 0.416 e. The predicted molar refractivity (Wildman–Crippen MR) is 100 cm³/mol. The van der Waals surface area contributed by atoms with Crippen LogP contribution in [0.5, 0.6) is 0 Å². The Bertz CT molecular complexity index is 675. The Morgan fingerprint density at radius 3 is 2.64 bits per heavy atom. The number of amides is 2. The van der Waals surface area contributed by atoms with E-state index in [1.807, 2.05) is 0 Å². The molecule has 0 bridgehead atoms. The lowest BCUT2D eigenvalue weighted by Crippen LogP contribution is -2.35. The number of halogens is 3. The van der Waals surface area contributed by atoms with Gasteiger partial charge in [0.1, 0.15) is 0 Å². The van der Waals surface area contributed by atoms with E-state index >= 15 is 0 Å². The SMILES string of the molecule is CCN(CC)CCCNC(=O)[C@H]1CC(=O)N(Cc2cccc(C(F)(F)F)c2)C1. The predicted octanol–water partition coefficient (Wildman–Crippen LogP) is 2.90. The molecule has 5 nitrogen and oxygen atoms in total. The number of nitrogens with zero attached hydrogens (tertiary/aromatic N) is 2. The summed E-state index contributed by atoms with van der Waals surface area (Å²) in [5.41, 5.74) is -0.331. The number of rotatable bonds is 9. The van der Waals surface area contributed by atoms with Crippen molar-refractivity contribution in [2.24, 2.45) is 5.92 Å². The number of likely N-dealkylation sites (tertiary alicyclic amines) is 1. The topological polar surface area (TPSA) is 52.7 Å².